The third-order valence-corrected chi connectivity index (χ3v) is 4.96. The summed E-state index contributed by atoms with van der Waals surface area (Å²) in [5.74, 6) is 0.461. The molecule has 130 valence electrons. The molecule has 3 aromatic rings. The van der Waals surface area contributed by atoms with Crippen LogP contribution in [0.15, 0.2) is 55.1 Å². The largest absolute Gasteiger partial charge is 0.339 e. The van der Waals surface area contributed by atoms with Crippen molar-refractivity contribution in [2.45, 2.75) is 52.5 Å². The van der Waals surface area contributed by atoms with Crippen molar-refractivity contribution >= 4 is 17.0 Å². The van der Waals surface area contributed by atoms with Crippen molar-refractivity contribution in [1.82, 2.24) is 4.57 Å². The Hall–Kier alpha value is -2.28. The molecule has 0 aliphatic rings. The average Bonchev–Trinajstić information content (AvgIpc) is 2.94. The quantitative estimate of drug-likeness (QED) is 0.449. The lowest BCUT2D eigenvalue weighted by atomic mass is 10.0. The minimum atomic E-state index is 0.461. The topological polar surface area (TPSA) is 4.93 Å². The third-order valence-electron chi connectivity index (χ3n) is 4.96. The van der Waals surface area contributed by atoms with Gasteiger partial charge in [0.05, 0.1) is 0 Å². The fourth-order valence-corrected chi connectivity index (χ4v) is 3.75. The number of fused-ring (bicyclic) bond motifs is 1. The zero-order valence-corrected chi connectivity index (χ0v) is 15.8. The molecule has 0 radical (unpaired) electrons. The highest BCUT2D eigenvalue weighted by molar-refractivity contribution is 5.92. The van der Waals surface area contributed by atoms with E-state index in [9.17, 15) is 0 Å². The van der Waals surface area contributed by atoms with Gasteiger partial charge in [-0.05, 0) is 36.0 Å². The Balaban J connectivity index is 2.18. The van der Waals surface area contributed by atoms with Crippen LogP contribution >= 0.6 is 0 Å². The van der Waals surface area contributed by atoms with Gasteiger partial charge in [0.15, 0.2) is 0 Å². The first-order valence-electron chi connectivity index (χ1n) is 9.47. The molecule has 0 saturated heterocycles. The monoisotopic (exact) mass is 331 g/mol. The second kappa shape index (κ2) is 7.74. The second-order valence-electron chi connectivity index (χ2n) is 7.18. The third kappa shape index (κ3) is 3.56. The van der Waals surface area contributed by atoms with Crippen molar-refractivity contribution in [2.75, 3.05) is 0 Å². The summed E-state index contributed by atoms with van der Waals surface area (Å²) in [5, 5.41) is 1.33. The number of aryl methyl sites for hydroxylation is 1. The van der Waals surface area contributed by atoms with E-state index in [1.807, 2.05) is 6.08 Å². The molecule has 0 amide bonds. The number of unbranched alkanes of at least 4 members (excludes halogenated alkanes) is 1. The molecule has 0 aliphatic carbocycles. The van der Waals surface area contributed by atoms with Crippen LogP contribution in [0.1, 0.15) is 61.9 Å². The Morgan fingerprint density at radius 3 is 2.44 bits per heavy atom. The molecule has 1 nitrogen and oxygen atoms in total. The van der Waals surface area contributed by atoms with Gasteiger partial charge >= 0.3 is 0 Å². The van der Waals surface area contributed by atoms with Crippen LogP contribution in [0.5, 0.6) is 0 Å². The van der Waals surface area contributed by atoms with Gasteiger partial charge in [-0.3, -0.25) is 0 Å². The first-order chi connectivity index (χ1) is 12.2. The first kappa shape index (κ1) is 17.5. The summed E-state index contributed by atoms with van der Waals surface area (Å²) in [6, 6.07) is 17.7. The smallest absolute Gasteiger partial charge is 0.0494 e. The highest BCUT2D eigenvalue weighted by Crippen LogP contribution is 2.33. The Morgan fingerprint density at radius 1 is 1.04 bits per heavy atom. The highest BCUT2D eigenvalue weighted by Gasteiger charge is 2.18. The molecule has 0 bridgehead atoms. The summed E-state index contributed by atoms with van der Waals surface area (Å²) in [6.07, 6.45) is 5.67. The van der Waals surface area contributed by atoms with E-state index in [-0.39, 0.29) is 0 Å². The lowest BCUT2D eigenvalue weighted by molar-refractivity contribution is 0.708. The van der Waals surface area contributed by atoms with Gasteiger partial charge in [-0.1, -0.05) is 82.3 Å². The molecule has 0 spiro atoms. The summed E-state index contributed by atoms with van der Waals surface area (Å²) < 4.78 is 2.50. The van der Waals surface area contributed by atoms with Gasteiger partial charge in [0.2, 0.25) is 0 Å². The Kier molecular flexibility index (Phi) is 5.43. The van der Waals surface area contributed by atoms with Crippen LogP contribution in [0, 0.1) is 0 Å². The van der Waals surface area contributed by atoms with E-state index in [0.29, 0.717) is 5.92 Å². The van der Waals surface area contributed by atoms with Crippen molar-refractivity contribution in [1.29, 1.82) is 0 Å². The van der Waals surface area contributed by atoms with Crippen molar-refractivity contribution in [3.05, 3.63) is 77.5 Å². The molecule has 0 atom stereocenters. The SMILES string of the molecule is C=Cc1c(C(C)C)n(Cc2ccccc2)c2cc(CCCC)ccc12. The Labute approximate surface area is 152 Å². The maximum Gasteiger partial charge on any atom is 0.0494 e. The molecule has 25 heavy (non-hydrogen) atoms. The van der Waals surface area contributed by atoms with Crippen LogP contribution in [0.25, 0.3) is 17.0 Å². The normalized spacial score (nSPS) is 11.4. The van der Waals surface area contributed by atoms with E-state index in [0.717, 1.165) is 13.0 Å². The molecule has 0 N–H and O–H groups in total. The zero-order valence-electron chi connectivity index (χ0n) is 15.8. The number of aromatic nitrogens is 1. The van der Waals surface area contributed by atoms with Gasteiger partial charge in [0.25, 0.3) is 0 Å². The minimum absolute atomic E-state index is 0.461. The second-order valence-corrected chi connectivity index (χ2v) is 7.18. The maximum atomic E-state index is 4.10. The van der Waals surface area contributed by atoms with Crippen LogP contribution in [0.2, 0.25) is 0 Å². The fraction of sp³-hybridized carbons (Fsp3) is 0.333. The van der Waals surface area contributed by atoms with Gasteiger partial charge in [-0.2, -0.15) is 0 Å². The van der Waals surface area contributed by atoms with E-state index >= 15 is 0 Å². The number of benzene rings is 2. The van der Waals surface area contributed by atoms with Gasteiger partial charge in [-0.25, -0.2) is 0 Å². The van der Waals surface area contributed by atoms with Crippen LogP contribution in [0.4, 0.5) is 0 Å². The molecule has 1 heteroatoms. The summed E-state index contributed by atoms with van der Waals surface area (Å²) in [4.78, 5) is 0. The molecule has 0 saturated carbocycles. The van der Waals surface area contributed by atoms with E-state index < -0.39 is 0 Å². The highest BCUT2D eigenvalue weighted by atomic mass is 15.0. The van der Waals surface area contributed by atoms with Crippen LogP contribution in [0.3, 0.4) is 0 Å². The van der Waals surface area contributed by atoms with Crippen LogP contribution < -0.4 is 0 Å². The van der Waals surface area contributed by atoms with Gasteiger partial charge in [0.1, 0.15) is 0 Å². The van der Waals surface area contributed by atoms with Gasteiger partial charge in [0, 0.05) is 28.7 Å². The van der Waals surface area contributed by atoms with Crippen molar-refractivity contribution in [2.24, 2.45) is 0 Å². The molecule has 3 rings (SSSR count). The molecule has 1 heterocycles. The number of nitrogens with zero attached hydrogens (tertiary/aromatic N) is 1. The molecule has 0 aliphatic heterocycles. The van der Waals surface area contributed by atoms with Gasteiger partial charge < -0.3 is 4.57 Å². The maximum absolute atomic E-state index is 4.10. The van der Waals surface area contributed by atoms with Crippen molar-refractivity contribution in [3.8, 4) is 0 Å². The molecular formula is C24H29N. The Bertz CT molecular complexity index is 853. The van der Waals surface area contributed by atoms with E-state index in [1.165, 1.54) is 46.1 Å². The molecule has 1 aromatic heterocycles. The van der Waals surface area contributed by atoms with Crippen LogP contribution in [-0.4, -0.2) is 4.57 Å². The van der Waals surface area contributed by atoms with E-state index in [1.54, 1.807) is 0 Å². The predicted octanol–water partition coefficient (Wildman–Crippen LogP) is 6.80. The lowest BCUT2D eigenvalue weighted by Crippen LogP contribution is -2.06. The van der Waals surface area contributed by atoms with Crippen molar-refractivity contribution in [3.63, 3.8) is 0 Å². The first-order valence-corrected chi connectivity index (χ1v) is 9.47. The summed E-state index contributed by atoms with van der Waals surface area (Å²) in [6.45, 7) is 11.8. The fourth-order valence-electron chi connectivity index (χ4n) is 3.75. The molecule has 0 fully saturated rings. The van der Waals surface area contributed by atoms with Crippen molar-refractivity contribution < 1.29 is 0 Å². The van der Waals surface area contributed by atoms with E-state index in [4.69, 9.17) is 0 Å². The predicted molar refractivity (Wildman–Crippen MR) is 110 cm³/mol. The number of hydrogen-bond donors (Lipinski definition) is 0. The average molecular weight is 332 g/mol. The zero-order chi connectivity index (χ0) is 17.8. The summed E-state index contributed by atoms with van der Waals surface area (Å²) >= 11 is 0. The molecular weight excluding hydrogens is 302 g/mol. The van der Waals surface area contributed by atoms with E-state index in [2.05, 4.69) is 80.4 Å². The number of rotatable bonds is 7. The Morgan fingerprint density at radius 2 is 1.80 bits per heavy atom. The van der Waals surface area contributed by atoms with Crippen LogP contribution in [-0.2, 0) is 13.0 Å². The number of hydrogen-bond acceptors (Lipinski definition) is 0. The minimum Gasteiger partial charge on any atom is -0.339 e. The lowest BCUT2D eigenvalue weighted by Gasteiger charge is -2.15. The standard InChI is InChI=1S/C24H29N/c1-5-7-11-19-14-15-22-21(6-2)24(18(3)4)25(23(22)16-19)17-20-12-9-8-10-13-20/h6,8-10,12-16,18H,2,5,7,11,17H2,1,3-4H3. The molecule has 2 aromatic carbocycles. The summed E-state index contributed by atoms with van der Waals surface area (Å²) in [5.41, 5.74) is 6.81. The van der Waals surface area contributed by atoms with Gasteiger partial charge in [-0.15, -0.1) is 0 Å². The summed E-state index contributed by atoms with van der Waals surface area (Å²) in [7, 11) is 0. The molecule has 0 unspecified atom stereocenters.